The van der Waals surface area contributed by atoms with Crippen LogP contribution in [0.25, 0.3) is 6.08 Å². The van der Waals surface area contributed by atoms with E-state index in [2.05, 4.69) is 10.2 Å². The monoisotopic (exact) mass is 274 g/mol. The Balaban J connectivity index is 2.25. The van der Waals surface area contributed by atoms with E-state index in [0.717, 1.165) is 29.4 Å². The zero-order valence-corrected chi connectivity index (χ0v) is 11.6. The number of hydrogen-bond acceptors (Lipinski definition) is 3. The highest BCUT2D eigenvalue weighted by molar-refractivity contribution is 5.87. The molecule has 1 aliphatic rings. The number of piperazine rings is 1. The Kier molecular flexibility index (Phi) is 4.08. The molecule has 0 aliphatic carbocycles. The van der Waals surface area contributed by atoms with Crippen LogP contribution in [0.4, 0.5) is 5.69 Å². The minimum absolute atomic E-state index is 0.0329. The van der Waals surface area contributed by atoms with E-state index in [-0.39, 0.29) is 11.9 Å². The van der Waals surface area contributed by atoms with Gasteiger partial charge in [0.25, 0.3) is 0 Å². The van der Waals surface area contributed by atoms with Crippen LogP contribution in [0.3, 0.4) is 0 Å². The maximum absolute atomic E-state index is 11.7. The molecule has 5 nitrogen and oxygen atoms in total. The van der Waals surface area contributed by atoms with Gasteiger partial charge in [-0.1, -0.05) is 6.07 Å². The predicted molar refractivity (Wildman–Crippen MR) is 77.7 cm³/mol. The second-order valence-corrected chi connectivity index (χ2v) is 4.88. The molecule has 1 amide bonds. The van der Waals surface area contributed by atoms with Crippen molar-refractivity contribution in [2.24, 2.45) is 0 Å². The van der Waals surface area contributed by atoms with E-state index in [1.54, 1.807) is 6.08 Å². The Hall–Kier alpha value is -2.30. The first kappa shape index (κ1) is 14.1. The molecule has 0 saturated carbocycles. The first-order chi connectivity index (χ1) is 9.49. The van der Waals surface area contributed by atoms with Crippen molar-refractivity contribution in [1.29, 1.82) is 0 Å². The maximum atomic E-state index is 11.7. The number of carbonyl (C=O) groups excluding carboxylic acids is 1. The van der Waals surface area contributed by atoms with Crippen molar-refractivity contribution in [1.82, 2.24) is 5.32 Å². The van der Waals surface area contributed by atoms with Crippen LogP contribution in [-0.2, 0) is 9.59 Å². The van der Waals surface area contributed by atoms with Crippen LogP contribution in [0.1, 0.15) is 18.1 Å². The first-order valence-corrected chi connectivity index (χ1v) is 6.55. The molecule has 1 fully saturated rings. The van der Waals surface area contributed by atoms with Crippen LogP contribution >= 0.6 is 0 Å². The minimum Gasteiger partial charge on any atom is -0.478 e. The second kappa shape index (κ2) is 5.77. The molecule has 2 rings (SSSR count). The molecule has 2 N–H and O–H groups in total. The fourth-order valence-electron chi connectivity index (χ4n) is 2.38. The molecule has 1 aliphatic heterocycles. The van der Waals surface area contributed by atoms with E-state index in [1.165, 1.54) is 0 Å². The van der Waals surface area contributed by atoms with Crippen molar-refractivity contribution < 1.29 is 14.7 Å². The minimum atomic E-state index is -0.965. The number of amides is 1. The van der Waals surface area contributed by atoms with Gasteiger partial charge in [0, 0.05) is 24.9 Å². The van der Waals surface area contributed by atoms with Crippen molar-refractivity contribution in [3.63, 3.8) is 0 Å². The normalized spacial score (nSPS) is 19.2. The zero-order valence-electron chi connectivity index (χ0n) is 11.6. The summed E-state index contributed by atoms with van der Waals surface area (Å²) in [5, 5.41) is 11.5. The van der Waals surface area contributed by atoms with Gasteiger partial charge in [0.2, 0.25) is 5.91 Å². The molecule has 0 aromatic heterocycles. The van der Waals surface area contributed by atoms with E-state index in [1.807, 2.05) is 32.0 Å². The molecular weight excluding hydrogens is 256 g/mol. The number of nitrogens with zero attached hydrogens (tertiary/aromatic N) is 1. The summed E-state index contributed by atoms with van der Waals surface area (Å²) in [5.41, 5.74) is 2.88. The zero-order chi connectivity index (χ0) is 14.7. The summed E-state index contributed by atoms with van der Waals surface area (Å²) in [6.07, 6.45) is 2.68. The van der Waals surface area contributed by atoms with E-state index in [4.69, 9.17) is 5.11 Å². The third-order valence-corrected chi connectivity index (χ3v) is 3.45. The summed E-state index contributed by atoms with van der Waals surface area (Å²) in [6.45, 7) is 5.26. The van der Waals surface area contributed by atoms with E-state index in [0.29, 0.717) is 6.54 Å². The summed E-state index contributed by atoms with van der Waals surface area (Å²) >= 11 is 0. The van der Waals surface area contributed by atoms with Gasteiger partial charge in [-0.25, -0.2) is 4.79 Å². The van der Waals surface area contributed by atoms with Gasteiger partial charge in [-0.15, -0.1) is 0 Å². The molecule has 0 radical (unpaired) electrons. The second-order valence-electron chi connectivity index (χ2n) is 4.88. The van der Waals surface area contributed by atoms with Crippen LogP contribution in [0, 0.1) is 6.92 Å². The number of carboxylic acid groups (broad SMARTS) is 1. The van der Waals surface area contributed by atoms with Gasteiger partial charge in [-0.05, 0) is 43.2 Å². The molecule has 1 atom stereocenters. The highest BCUT2D eigenvalue weighted by Crippen LogP contribution is 2.24. The molecule has 5 heteroatoms. The van der Waals surface area contributed by atoms with E-state index < -0.39 is 5.97 Å². The van der Waals surface area contributed by atoms with E-state index >= 15 is 0 Å². The van der Waals surface area contributed by atoms with Crippen LogP contribution in [-0.4, -0.2) is 36.1 Å². The average molecular weight is 274 g/mol. The quantitative estimate of drug-likeness (QED) is 0.818. The number of rotatable bonds is 3. The number of carboxylic acids is 1. The molecule has 0 bridgehead atoms. The summed E-state index contributed by atoms with van der Waals surface area (Å²) in [5.74, 6) is -0.932. The smallest absolute Gasteiger partial charge is 0.328 e. The third kappa shape index (κ3) is 2.99. The maximum Gasteiger partial charge on any atom is 0.328 e. The van der Waals surface area contributed by atoms with Crippen molar-refractivity contribution in [3.8, 4) is 0 Å². The SMILES string of the molecule is Cc1cc(C=CC(=O)O)ccc1N1CCNC(=O)C1C. The van der Waals surface area contributed by atoms with Gasteiger partial charge < -0.3 is 15.3 Å². The van der Waals surface area contributed by atoms with E-state index in [9.17, 15) is 9.59 Å². The third-order valence-electron chi connectivity index (χ3n) is 3.45. The summed E-state index contributed by atoms with van der Waals surface area (Å²) in [4.78, 5) is 24.3. The number of nitrogens with one attached hydrogen (secondary N) is 1. The molecule has 1 aromatic carbocycles. The highest BCUT2D eigenvalue weighted by Gasteiger charge is 2.26. The number of carbonyl (C=O) groups is 2. The summed E-state index contributed by atoms with van der Waals surface area (Å²) in [7, 11) is 0. The lowest BCUT2D eigenvalue weighted by molar-refractivity contribution is -0.131. The lowest BCUT2D eigenvalue weighted by Gasteiger charge is -2.35. The first-order valence-electron chi connectivity index (χ1n) is 6.55. The van der Waals surface area contributed by atoms with Crippen LogP contribution in [0.2, 0.25) is 0 Å². The number of aliphatic carboxylic acids is 1. The standard InChI is InChI=1S/C15H18N2O3/c1-10-9-12(4-6-14(18)19)3-5-13(10)17-8-7-16-15(20)11(17)2/h3-6,9,11H,7-8H2,1-2H3,(H,16,20)(H,18,19). The number of anilines is 1. The largest absolute Gasteiger partial charge is 0.478 e. The van der Waals surface area contributed by atoms with Gasteiger partial charge in [0.1, 0.15) is 6.04 Å². The molecule has 106 valence electrons. The fraction of sp³-hybridized carbons (Fsp3) is 0.333. The number of hydrogen-bond donors (Lipinski definition) is 2. The van der Waals surface area contributed by atoms with Gasteiger partial charge >= 0.3 is 5.97 Å². The molecule has 1 unspecified atom stereocenters. The predicted octanol–water partition coefficient (Wildman–Crippen LogP) is 1.42. The Bertz CT molecular complexity index is 566. The number of aryl methyl sites for hydroxylation is 1. The van der Waals surface area contributed by atoms with Crippen LogP contribution in [0.5, 0.6) is 0 Å². The Morgan fingerprint density at radius 1 is 1.50 bits per heavy atom. The molecule has 0 spiro atoms. The van der Waals surface area contributed by atoms with Crippen LogP contribution in [0.15, 0.2) is 24.3 Å². The van der Waals surface area contributed by atoms with Crippen molar-refractivity contribution in [2.75, 3.05) is 18.0 Å². The fourth-order valence-corrected chi connectivity index (χ4v) is 2.38. The van der Waals surface area contributed by atoms with Crippen molar-refractivity contribution in [3.05, 3.63) is 35.4 Å². The summed E-state index contributed by atoms with van der Waals surface area (Å²) < 4.78 is 0. The highest BCUT2D eigenvalue weighted by atomic mass is 16.4. The Labute approximate surface area is 117 Å². The Morgan fingerprint density at radius 2 is 2.25 bits per heavy atom. The van der Waals surface area contributed by atoms with Gasteiger partial charge in [-0.2, -0.15) is 0 Å². The molecule has 1 saturated heterocycles. The number of benzene rings is 1. The van der Waals surface area contributed by atoms with Crippen LogP contribution < -0.4 is 10.2 Å². The van der Waals surface area contributed by atoms with Gasteiger partial charge in [0.05, 0.1) is 0 Å². The van der Waals surface area contributed by atoms with Crippen molar-refractivity contribution >= 4 is 23.6 Å². The van der Waals surface area contributed by atoms with Crippen molar-refractivity contribution in [2.45, 2.75) is 19.9 Å². The Morgan fingerprint density at radius 3 is 2.90 bits per heavy atom. The molecule has 20 heavy (non-hydrogen) atoms. The van der Waals surface area contributed by atoms with Gasteiger partial charge in [-0.3, -0.25) is 4.79 Å². The molecular formula is C15H18N2O3. The van der Waals surface area contributed by atoms with Gasteiger partial charge in [0.15, 0.2) is 0 Å². The topological polar surface area (TPSA) is 69.6 Å². The molecule has 1 aromatic rings. The molecule has 1 heterocycles. The lowest BCUT2D eigenvalue weighted by Crippen LogP contribution is -2.54. The summed E-state index contributed by atoms with van der Waals surface area (Å²) in [6, 6.07) is 5.53. The lowest BCUT2D eigenvalue weighted by atomic mass is 10.1. The average Bonchev–Trinajstić information content (AvgIpc) is 2.40.